The number of amides is 1. The molecular weight excluding hydrogens is 240 g/mol. The lowest BCUT2D eigenvalue weighted by atomic mass is 10.1. The molecule has 0 radical (unpaired) electrons. The van der Waals surface area contributed by atoms with E-state index in [-0.39, 0.29) is 12.0 Å². The fraction of sp³-hybridized carbons (Fsp3) is 0.533. The number of ether oxygens (including phenoxy) is 1. The summed E-state index contributed by atoms with van der Waals surface area (Å²) >= 11 is 0. The van der Waals surface area contributed by atoms with Crippen LogP contribution in [0.3, 0.4) is 0 Å². The lowest BCUT2D eigenvalue weighted by molar-refractivity contribution is -0.118. The average Bonchev–Trinajstić information content (AvgIpc) is 2.97. The van der Waals surface area contributed by atoms with Crippen LogP contribution in [-0.4, -0.2) is 25.7 Å². The van der Waals surface area contributed by atoms with E-state index in [9.17, 15) is 4.79 Å². The van der Waals surface area contributed by atoms with Crippen molar-refractivity contribution in [2.45, 2.75) is 38.3 Å². The molecule has 1 heterocycles. The van der Waals surface area contributed by atoms with E-state index in [1.807, 2.05) is 31.3 Å². The monoisotopic (exact) mass is 262 g/mol. The molecule has 1 aliphatic rings. The van der Waals surface area contributed by atoms with Gasteiger partial charge in [-0.05, 0) is 37.0 Å². The largest absolute Gasteiger partial charge is 0.378 e. The molecule has 1 saturated heterocycles. The molecule has 104 valence electrons. The minimum Gasteiger partial charge on any atom is -0.378 e. The molecule has 1 aromatic carbocycles. The molecule has 0 bridgehead atoms. The molecule has 0 aromatic heterocycles. The molecule has 1 fully saturated rings. The van der Waals surface area contributed by atoms with Crippen molar-refractivity contribution in [2.75, 3.05) is 18.6 Å². The second-order valence-corrected chi connectivity index (χ2v) is 5.00. The van der Waals surface area contributed by atoms with Crippen LogP contribution in [0.1, 0.15) is 31.2 Å². The summed E-state index contributed by atoms with van der Waals surface area (Å²) in [5, 5.41) is 0. The number of carbonyl (C=O) groups excluding carboxylic acids is 1. The van der Waals surface area contributed by atoms with Crippen LogP contribution >= 0.6 is 0 Å². The quantitative estimate of drug-likeness (QED) is 0.883. The van der Waals surface area contributed by atoms with Gasteiger partial charge >= 0.3 is 0 Å². The molecule has 19 heavy (non-hydrogen) atoms. The number of carbonyl (C=O) groups is 1. The maximum Gasteiger partial charge on any atom is 0.226 e. The normalized spacial score (nSPS) is 18.5. The molecule has 2 rings (SSSR count). The van der Waals surface area contributed by atoms with E-state index in [0.29, 0.717) is 13.0 Å². The summed E-state index contributed by atoms with van der Waals surface area (Å²) in [5.41, 5.74) is 7.54. The number of nitrogens with two attached hydrogens (primary N) is 1. The molecule has 0 spiro atoms. The number of hydrogen-bond acceptors (Lipinski definition) is 3. The molecule has 1 unspecified atom stereocenters. The van der Waals surface area contributed by atoms with E-state index in [4.69, 9.17) is 10.5 Å². The summed E-state index contributed by atoms with van der Waals surface area (Å²) in [6, 6.07) is 7.79. The highest BCUT2D eigenvalue weighted by Crippen LogP contribution is 2.19. The summed E-state index contributed by atoms with van der Waals surface area (Å²) in [4.78, 5) is 13.8. The van der Waals surface area contributed by atoms with E-state index in [1.54, 1.807) is 4.90 Å². The Balaban J connectivity index is 1.86. The topological polar surface area (TPSA) is 55.6 Å². The number of hydrogen-bond donors (Lipinski definition) is 1. The first kappa shape index (κ1) is 14.0. The molecule has 1 amide bonds. The maximum atomic E-state index is 12.1. The van der Waals surface area contributed by atoms with Gasteiger partial charge in [0.2, 0.25) is 5.91 Å². The van der Waals surface area contributed by atoms with Gasteiger partial charge in [0, 0.05) is 32.3 Å². The Labute approximate surface area is 114 Å². The number of benzene rings is 1. The van der Waals surface area contributed by atoms with Crippen LogP contribution in [-0.2, 0) is 16.1 Å². The van der Waals surface area contributed by atoms with Crippen molar-refractivity contribution in [3.8, 4) is 0 Å². The first-order chi connectivity index (χ1) is 9.20. The second kappa shape index (κ2) is 6.68. The number of anilines is 1. The van der Waals surface area contributed by atoms with Crippen LogP contribution in [0, 0.1) is 0 Å². The fourth-order valence-electron chi connectivity index (χ4n) is 2.32. The van der Waals surface area contributed by atoms with Gasteiger partial charge in [-0.1, -0.05) is 12.1 Å². The van der Waals surface area contributed by atoms with Gasteiger partial charge in [0.15, 0.2) is 0 Å². The first-order valence-corrected chi connectivity index (χ1v) is 6.88. The van der Waals surface area contributed by atoms with Crippen molar-refractivity contribution < 1.29 is 9.53 Å². The third-order valence-corrected chi connectivity index (χ3v) is 3.64. The van der Waals surface area contributed by atoms with E-state index in [0.717, 1.165) is 37.1 Å². The summed E-state index contributed by atoms with van der Waals surface area (Å²) < 4.78 is 5.53. The molecule has 1 atom stereocenters. The van der Waals surface area contributed by atoms with Crippen LogP contribution in [0.4, 0.5) is 5.69 Å². The van der Waals surface area contributed by atoms with Gasteiger partial charge in [-0.3, -0.25) is 4.79 Å². The predicted molar refractivity (Wildman–Crippen MR) is 76.0 cm³/mol. The van der Waals surface area contributed by atoms with Crippen LogP contribution < -0.4 is 10.6 Å². The second-order valence-electron chi connectivity index (χ2n) is 5.00. The van der Waals surface area contributed by atoms with Crippen molar-refractivity contribution in [2.24, 2.45) is 5.73 Å². The SMILES string of the molecule is CN(C(=O)CCC1CCCO1)c1ccc(CN)cc1. The van der Waals surface area contributed by atoms with E-state index in [1.165, 1.54) is 0 Å². The van der Waals surface area contributed by atoms with E-state index < -0.39 is 0 Å². The third kappa shape index (κ3) is 3.78. The van der Waals surface area contributed by atoms with Crippen molar-refractivity contribution in [1.82, 2.24) is 0 Å². The summed E-state index contributed by atoms with van der Waals surface area (Å²) in [6.07, 6.45) is 3.85. The van der Waals surface area contributed by atoms with Gasteiger partial charge in [-0.2, -0.15) is 0 Å². The number of nitrogens with zero attached hydrogens (tertiary/aromatic N) is 1. The number of rotatable bonds is 5. The van der Waals surface area contributed by atoms with Gasteiger partial charge in [0.25, 0.3) is 0 Å². The molecule has 4 heteroatoms. The average molecular weight is 262 g/mol. The molecule has 2 N–H and O–H groups in total. The van der Waals surface area contributed by atoms with Crippen molar-refractivity contribution in [3.05, 3.63) is 29.8 Å². The van der Waals surface area contributed by atoms with E-state index >= 15 is 0 Å². The smallest absolute Gasteiger partial charge is 0.226 e. The lowest BCUT2D eigenvalue weighted by Crippen LogP contribution is -2.27. The third-order valence-electron chi connectivity index (χ3n) is 3.64. The van der Waals surface area contributed by atoms with E-state index in [2.05, 4.69) is 0 Å². The minimum absolute atomic E-state index is 0.135. The molecule has 0 saturated carbocycles. The van der Waals surface area contributed by atoms with Crippen molar-refractivity contribution in [1.29, 1.82) is 0 Å². The summed E-state index contributed by atoms with van der Waals surface area (Å²) in [6.45, 7) is 1.37. The Morgan fingerprint density at radius 2 is 2.16 bits per heavy atom. The highest BCUT2D eigenvalue weighted by molar-refractivity contribution is 5.92. The molecule has 1 aromatic rings. The minimum atomic E-state index is 0.135. The fourth-order valence-corrected chi connectivity index (χ4v) is 2.32. The summed E-state index contributed by atoms with van der Waals surface area (Å²) in [5.74, 6) is 0.135. The Hall–Kier alpha value is -1.39. The standard InChI is InChI=1S/C15H22N2O2/c1-17(13-6-4-12(11-16)5-7-13)15(18)9-8-14-3-2-10-19-14/h4-7,14H,2-3,8-11,16H2,1H3. The zero-order chi connectivity index (χ0) is 13.7. The van der Waals surface area contributed by atoms with Crippen molar-refractivity contribution >= 4 is 11.6 Å². The van der Waals surface area contributed by atoms with Gasteiger partial charge < -0.3 is 15.4 Å². The first-order valence-electron chi connectivity index (χ1n) is 6.88. The van der Waals surface area contributed by atoms with Crippen LogP contribution in [0.25, 0.3) is 0 Å². The van der Waals surface area contributed by atoms with Crippen LogP contribution in [0.15, 0.2) is 24.3 Å². The van der Waals surface area contributed by atoms with Gasteiger partial charge in [-0.25, -0.2) is 0 Å². The lowest BCUT2D eigenvalue weighted by Gasteiger charge is -2.18. The van der Waals surface area contributed by atoms with Crippen LogP contribution in [0.5, 0.6) is 0 Å². The maximum absolute atomic E-state index is 12.1. The van der Waals surface area contributed by atoms with Gasteiger partial charge in [0.1, 0.15) is 0 Å². The molecule has 1 aliphatic heterocycles. The highest BCUT2D eigenvalue weighted by Gasteiger charge is 2.18. The van der Waals surface area contributed by atoms with Crippen LogP contribution in [0.2, 0.25) is 0 Å². The summed E-state index contributed by atoms with van der Waals surface area (Å²) in [7, 11) is 1.81. The zero-order valence-corrected chi connectivity index (χ0v) is 11.5. The van der Waals surface area contributed by atoms with Gasteiger partial charge in [-0.15, -0.1) is 0 Å². The Kier molecular flexibility index (Phi) is 4.93. The zero-order valence-electron chi connectivity index (χ0n) is 11.5. The Bertz CT molecular complexity index is 411. The highest BCUT2D eigenvalue weighted by atomic mass is 16.5. The Morgan fingerprint density at radius 1 is 1.42 bits per heavy atom. The molecule has 0 aliphatic carbocycles. The van der Waals surface area contributed by atoms with Gasteiger partial charge in [0.05, 0.1) is 6.10 Å². The van der Waals surface area contributed by atoms with Crippen molar-refractivity contribution in [3.63, 3.8) is 0 Å². The predicted octanol–water partition coefficient (Wildman–Crippen LogP) is 2.07. The Morgan fingerprint density at radius 3 is 2.74 bits per heavy atom. The molecule has 4 nitrogen and oxygen atoms in total. The molecular formula is C15H22N2O2.